The van der Waals surface area contributed by atoms with Crippen molar-refractivity contribution in [3.05, 3.63) is 54.0 Å². The Morgan fingerprint density at radius 2 is 1.68 bits per heavy atom. The lowest BCUT2D eigenvalue weighted by atomic mass is 9.73. The Kier molecular flexibility index (Phi) is 11.4. The molecule has 41 heavy (non-hydrogen) atoms. The standard InChI is InChI=1S/C21H25N3O3.2C2HF3O2/c1-16-6-4-7-17(23-16)20(25)24-12-9-18-21(14-24,10-5-13-26-18)15-27-19-8-2-3-11-22-19;2*3-2(4,5)1(6)7/h2-4,6-8,11,18H,5,9-10,12-15H2,1H3;2*(H,6,7). The molecule has 1 amide bonds. The largest absolute Gasteiger partial charge is 0.490 e. The van der Waals surface area contributed by atoms with Gasteiger partial charge >= 0.3 is 24.3 Å². The number of pyridine rings is 2. The van der Waals surface area contributed by atoms with Gasteiger partial charge in [-0.3, -0.25) is 4.79 Å². The number of aromatic nitrogens is 2. The van der Waals surface area contributed by atoms with Crippen molar-refractivity contribution in [1.82, 2.24) is 14.9 Å². The van der Waals surface area contributed by atoms with Gasteiger partial charge < -0.3 is 24.6 Å². The van der Waals surface area contributed by atoms with Gasteiger partial charge in [-0.15, -0.1) is 0 Å². The molecular formula is C25H27F6N3O7. The first-order valence-corrected chi connectivity index (χ1v) is 12.0. The number of amides is 1. The zero-order valence-electron chi connectivity index (χ0n) is 21.6. The van der Waals surface area contributed by atoms with E-state index in [9.17, 15) is 31.1 Å². The quantitative estimate of drug-likeness (QED) is 0.500. The van der Waals surface area contributed by atoms with Crippen molar-refractivity contribution in [2.75, 3.05) is 26.3 Å². The molecule has 2 N–H and O–H groups in total. The molecule has 2 aliphatic rings. The highest BCUT2D eigenvalue weighted by atomic mass is 19.4. The van der Waals surface area contributed by atoms with Crippen LogP contribution in [-0.4, -0.2) is 87.7 Å². The summed E-state index contributed by atoms with van der Waals surface area (Å²) >= 11 is 0. The highest BCUT2D eigenvalue weighted by Gasteiger charge is 2.48. The normalized spacial score (nSPS) is 20.3. The summed E-state index contributed by atoms with van der Waals surface area (Å²) in [7, 11) is 0. The van der Waals surface area contributed by atoms with Crippen molar-refractivity contribution in [2.45, 2.75) is 44.6 Å². The molecule has 2 aromatic rings. The van der Waals surface area contributed by atoms with Crippen LogP contribution in [0, 0.1) is 12.3 Å². The first-order valence-electron chi connectivity index (χ1n) is 12.0. The molecule has 0 saturated carbocycles. The number of hydrogen-bond donors (Lipinski definition) is 2. The van der Waals surface area contributed by atoms with Crippen LogP contribution < -0.4 is 4.74 Å². The maximum absolute atomic E-state index is 13.0. The van der Waals surface area contributed by atoms with Crippen molar-refractivity contribution in [2.24, 2.45) is 5.41 Å². The number of aliphatic carboxylic acids is 2. The summed E-state index contributed by atoms with van der Waals surface area (Å²) in [5, 5.41) is 14.2. The topological polar surface area (TPSA) is 139 Å². The number of fused-ring (bicyclic) bond motifs is 1. The van der Waals surface area contributed by atoms with Crippen molar-refractivity contribution in [3.8, 4) is 5.88 Å². The van der Waals surface area contributed by atoms with Crippen LogP contribution in [0.15, 0.2) is 42.6 Å². The molecule has 2 saturated heterocycles. The lowest BCUT2D eigenvalue weighted by Crippen LogP contribution is -2.58. The first kappa shape index (κ1) is 33.3. The number of carbonyl (C=O) groups is 3. The Morgan fingerprint density at radius 3 is 2.22 bits per heavy atom. The average molecular weight is 595 g/mol. The van der Waals surface area contributed by atoms with Crippen molar-refractivity contribution in [1.29, 1.82) is 0 Å². The zero-order chi connectivity index (χ0) is 30.8. The third kappa shape index (κ3) is 10.2. The Labute approximate surface area is 229 Å². The maximum atomic E-state index is 13.0. The molecule has 4 rings (SSSR count). The molecule has 0 spiro atoms. The van der Waals surface area contributed by atoms with Gasteiger partial charge in [0.25, 0.3) is 5.91 Å². The second kappa shape index (κ2) is 14.1. The minimum atomic E-state index is -5.08. The van der Waals surface area contributed by atoms with Gasteiger partial charge in [-0.05, 0) is 44.4 Å². The van der Waals surface area contributed by atoms with Crippen LogP contribution in [0.3, 0.4) is 0 Å². The number of carboxylic acids is 2. The van der Waals surface area contributed by atoms with Crippen LogP contribution in [0.2, 0.25) is 0 Å². The molecule has 0 bridgehead atoms. The average Bonchev–Trinajstić information content (AvgIpc) is 2.91. The summed E-state index contributed by atoms with van der Waals surface area (Å²) in [6.07, 6.45) is -5.54. The predicted octanol–water partition coefficient (Wildman–Crippen LogP) is 4.14. The molecule has 2 aliphatic heterocycles. The highest BCUT2D eigenvalue weighted by molar-refractivity contribution is 5.92. The number of alkyl halides is 6. The molecule has 226 valence electrons. The maximum Gasteiger partial charge on any atom is 0.490 e. The Bertz CT molecular complexity index is 1160. The second-order valence-corrected chi connectivity index (χ2v) is 9.07. The predicted molar refractivity (Wildman–Crippen MR) is 128 cm³/mol. The lowest BCUT2D eigenvalue weighted by Gasteiger charge is -2.50. The summed E-state index contributed by atoms with van der Waals surface area (Å²) in [6.45, 7) is 4.49. The molecule has 4 heterocycles. The van der Waals surface area contributed by atoms with E-state index in [0.29, 0.717) is 31.3 Å². The van der Waals surface area contributed by atoms with Gasteiger partial charge in [0, 0.05) is 43.1 Å². The third-order valence-corrected chi connectivity index (χ3v) is 6.01. The minimum absolute atomic E-state index is 0.0139. The number of nitrogens with zero attached hydrogens (tertiary/aromatic N) is 3. The van der Waals surface area contributed by atoms with E-state index in [-0.39, 0.29) is 17.4 Å². The zero-order valence-corrected chi connectivity index (χ0v) is 21.6. The molecule has 10 nitrogen and oxygen atoms in total. The van der Waals surface area contributed by atoms with E-state index in [1.165, 1.54) is 0 Å². The molecule has 0 aliphatic carbocycles. The molecule has 0 aromatic carbocycles. The van der Waals surface area contributed by atoms with E-state index in [0.717, 1.165) is 31.6 Å². The summed E-state index contributed by atoms with van der Waals surface area (Å²) < 4.78 is 75.6. The highest BCUT2D eigenvalue weighted by Crippen LogP contribution is 2.41. The molecule has 2 atom stereocenters. The number of rotatable bonds is 4. The number of halogens is 6. The van der Waals surface area contributed by atoms with Crippen LogP contribution >= 0.6 is 0 Å². The van der Waals surface area contributed by atoms with E-state index >= 15 is 0 Å². The van der Waals surface area contributed by atoms with Crippen molar-refractivity contribution < 1.29 is 60.4 Å². The fourth-order valence-electron chi connectivity index (χ4n) is 4.15. The summed E-state index contributed by atoms with van der Waals surface area (Å²) in [6, 6.07) is 11.2. The van der Waals surface area contributed by atoms with E-state index in [1.54, 1.807) is 12.3 Å². The Balaban J connectivity index is 0.000000349. The Hall–Kier alpha value is -3.95. The number of likely N-dealkylation sites (tertiary alicyclic amines) is 1. The van der Waals surface area contributed by atoms with Gasteiger partial charge in [-0.2, -0.15) is 26.3 Å². The Morgan fingerprint density at radius 1 is 1.05 bits per heavy atom. The van der Waals surface area contributed by atoms with Gasteiger partial charge in [-0.1, -0.05) is 12.1 Å². The summed E-state index contributed by atoms with van der Waals surface area (Å²) in [5.74, 6) is -4.92. The van der Waals surface area contributed by atoms with E-state index < -0.39 is 24.3 Å². The van der Waals surface area contributed by atoms with Gasteiger partial charge in [-0.25, -0.2) is 19.6 Å². The number of ether oxygens (including phenoxy) is 2. The van der Waals surface area contributed by atoms with E-state index in [1.807, 2.05) is 42.2 Å². The number of carboxylic acid groups (broad SMARTS) is 2. The number of carbonyl (C=O) groups excluding carboxylic acids is 1. The first-order chi connectivity index (χ1) is 19.0. The molecular weight excluding hydrogens is 568 g/mol. The minimum Gasteiger partial charge on any atom is -0.477 e. The van der Waals surface area contributed by atoms with Crippen LogP contribution in [0.1, 0.15) is 35.4 Å². The number of aryl methyl sites for hydroxylation is 1. The molecule has 2 aromatic heterocycles. The molecule has 0 radical (unpaired) electrons. The van der Waals surface area contributed by atoms with Crippen molar-refractivity contribution in [3.63, 3.8) is 0 Å². The SMILES string of the molecule is Cc1cccc(C(=O)N2CCC3OCCCC3(COc3ccccn3)C2)n1.O=C(O)C(F)(F)F.O=C(O)C(F)(F)F. The van der Waals surface area contributed by atoms with Crippen LogP contribution in [0.4, 0.5) is 26.3 Å². The van der Waals surface area contributed by atoms with E-state index in [4.69, 9.17) is 29.3 Å². The van der Waals surface area contributed by atoms with Crippen LogP contribution in [0.5, 0.6) is 5.88 Å². The monoisotopic (exact) mass is 595 g/mol. The summed E-state index contributed by atoms with van der Waals surface area (Å²) in [5.41, 5.74) is 1.16. The van der Waals surface area contributed by atoms with Crippen LogP contribution in [-0.2, 0) is 14.3 Å². The second-order valence-electron chi connectivity index (χ2n) is 9.07. The van der Waals surface area contributed by atoms with Gasteiger partial charge in [0.15, 0.2) is 0 Å². The van der Waals surface area contributed by atoms with Gasteiger partial charge in [0.1, 0.15) is 5.69 Å². The third-order valence-electron chi connectivity index (χ3n) is 6.01. The van der Waals surface area contributed by atoms with Crippen LogP contribution in [0.25, 0.3) is 0 Å². The molecule has 2 fully saturated rings. The molecule has 16 heteroatoms. The van der Waals surface area contributed by atoms with Crippen molar-refractivity contribution >= 4 is 17.8 Å². The summed E-state index contributed by atoms with van der Waals surface area (Å²) in [4.78, 5) is 41.4. The fraction of sp³-hybridized carbons (Fsp3) is 0.480. The van der Waals surface area contributed by atoms with E-state index in [2.05, 4.69) is 9.97 Å². The lowest BCUT2D eigenvalue weighted by molar-refractivity contribution is -0.193. The fourth-order valence-corrected chi connectivity index (χ4v) is 4.15. The molecule has 2 unspecified atom stereocenters. The smallest absolute Gasteiger partial charge is 0.477 e. The van der Waals surface area contributed by atoms with Gasteiger partial charge in [0.2, 0.25) is 5.88 Å². The van der Waals surface area contributed by atoms with Gasteiger partial charge in [0.05, 0.1) is 12.7 Å². The number of piperidine rings is 1. The number of hydrogen-bond acceptors (Lipinski definition) is 7.